The van der Waals surface area contributed by atoms with E-state index in [0.717, 1.165) is 49.0 Å². The molecule has 0 amide bonds. The summed E-state index contributed by atoms with van der Waals surface area (Å²) in [5, 5.41) is 11.0. The third-order valence-corrected chi connectivity index (χ3v) is 5.35. The summed E-state index contributed by atoms with van der Waals surface area (Å²) in [5.41, 5.74) is 1.11. The second kappa shape index (κ2) is 9.62. The molecule has 2 aromatic rings. The highest BCUT2D eigenvalue weighted by Gasteiger charge is 2.02. The fourth-order valence-corrected chi connectivity index (χ4v) is 3.64. The zero-order valence-electron chi connectivity index (χ0n) is 14.1. The molecule has 2 N–H and O–H groups in total. The molecule has 0 spiro atoms. The maximum atomic E-state index is 4.61. The summed E-state index contributed by atoms with van der Waals surface area (Å²) in [6, 6.07) is 0. The van der Waals surface area contributed by atoms with Crippen molar-refractivity contribution in [2.24, 2.45) is 4.99 Å². The first-order valence-electron chi connectivity index (χ1n) is 8.08. The minimum absolute atomic E-state index is 0.631. The first-order chi connectivity index (χ1) is 11.2. The maximum absolute atomic E-state index is 4.61. The van der Waals surface area contributed by atoms with Crippen LogP contribution in [0.2, 0.25) is 0 Å². The first kappa shape index (κ1) is 17.9. The Morgan fingerprint density at radius 2 is 2.13 bits per heavy atom. The molecule has 126 valence electrons. The minimum atomic E-state index is 0.631. The fraction of sp³-hybridized carbons (Fsp3) is 0.562. The van der Waals surface area contributed by atoms with Crippen LogP contribution >= 0.6 is 22.7 Å². The maximum Gasteiger partial charge on any atom is 0.191 e. The lowest BCUT2D eigenvalue weighted by Crippen LogP contribution is -2.37. The number of thiazole rings is 2. The molecule has 0 aliphatic carbocycles. The molecule has 7 heteroatoms. The Morgan fingerprint density at radius 1 is 1.26 bits per heavy atom. The van der Waals surface area contributed by atoms with Gasteiger partial charge in [-0.2, -0.15) is 0 Å². The number of aliphatic imine (C=N–C) groups is 1. The number of aryl methyl sites for hydroxylation is 3. The van der Waals surface area contributed by atoms with Crippen molar-refractivity contribution in [2.45, 2.75) is 46.6 Å². The molecule has 0 atom stereocenters. The number of hydrogen-bond acceptors (Lipinski definition) is 5. The van der Waals surface area contributed by atoms with Crippen LogP contribution < -0.4 is 10.6 Å². The van der Waals surface area contributed by atoms with Crippen molar-refractivity contribution in [3.05, 3.63) is 32.2 Å². The van der Waals surface area contributed by atoms with Crippen LogP contribution in [-0.2, 0) is 19.4 Å². The molecule has 0 fully saturated rings. The predicted molar refractivity (Wildman–Crippen MR) is 99.5 cm³/mol. The quantitative estimate of drug-likeness (QED) is 0.436. The molecule has 2 rings (SSSR count). The van der Waals surface area contributed by atoms with Crippen LogP contribution in [0, 0.1) is 6.92 Å². The minimum Gasteiger partial charge on any atom is -0.357 e. The van der Waals surface area contributed by atoms with Crippen LogP contribution in [0.4, 0.5) is 0 Å². The van der Waals surface area contributed by atoms with Gasteiger partial charge in [-0.05, 0) is 26.7 Å². The molecule has 23 heavy (non-hydrogen) atoms. The lowest BCUT2D eigenvalue weighted by molar-refractivity contribution is 0.740. The van der Waals surface area contributed by atoms with Crippen LogP contribution in [0.1, 0.15) is 40.9 Å². The Balaban J connectivity index is 1.76. The van der Waals surface area contributed by atoms with Gasteiger partial charge >= 0.3 is 0 Å². The van der Waals surface area contributed by atoms with E-state index in [4.69, 9.17) is 0 Å². The van der Waals surface area contributed by atoms with E-state index in [1.165, 1.54) is 9.88 Å². The highest BCUT2D eigenvalue weighted by Crippen LogP contribution is 2.14. The monoisotopic (exact) mass is 351 g/mol. The second-order valence-corrected chi connectivity index (χ2v) is 7.32. The van der Waals surface area contributed by atoms with Crippen LogP contribution in [0.15, 0.2) is 16.6 Å². The molecule has 0 unspecified atom stereocenters. The van der Waals surface area contributed by atoms with E-state index < -0.39 is 0 Å². The van der Waals surface area contributed by atoms with E-state index >= 15 is 0 Å². The lowest BCUT2D eigenvalue weighted by atomic mass is 10.3. The van der Waals surface area contributed by atoms with Crippen molar-refractivity contribution in [1.29, 1.82) is 0 Å². The SMILES string of the molecule is CCNC(=NCc1ncc(CC)s1)NCCCc1nc(C)cs1. The standard InChI is InChI=1S/C16H25N5S2/c1-4-13-9-19-15(23-13)10-20-16(17-5-2)18-8-6-7-14-21-12(3)11-22-14/h9,11H,4-8,10H2,1-3H3,(H2,17,18,20). The summed E-state index contributed by atoms with van der Waals surface area (Å²) in [6.07, 6.45) is 5.05. The third kappa shape index (κ3) is 6.27. The molecule has 0 bridgehead atoms. The van der Waals surface area contributed by atoms with Gasteiger partial charge in [0.15, 0.2) is 5.96 Å². The summed E-state index contributed by atoms with van der Waals surface area (Å²) < 4.78 is 0. The molecule has 2 heterocycles. The molecule has 0 saturated heterocycles. The van der Waals surface area contributed by atoms with Gasteiger partial charge in [0.1, 0.15) is 5.01 Å². The molecule has 0 radical (unpaired) electrons. The van der Waals surface area contributed by atoms with Gasteiger partial charge < -0.3 is 10.6 Å². The molecule has 0 aromatic carbocycles. The van der Waals surface area contributed by atoms with Gasteiger partial charge in [0, 0.05) is 41.7 Å². The normalized spacial score (nSPS) is 11.7. The van der Waals surface area contributed by atoms with E-state index in [2.05, 4.69) is 44.8 Å². The molecule has 0 saturated carbocycles. The Kier molecular flexibility index (Phi) is 7.48. The van der Waals surface area contributed by atoms with Gasteiger partial charge in [0.05, 0.1) is 11.6 Å². The van der Waals surface area contributed by atoms with Crippen LogP contribution in [-0.4, -0.2) is 29.0 Å². The number of rotatable bonds is 8. The van der Waals surface area contributed by atoms with Gasteiger partial charge in [-0.15, -0.1) is 22.7 Å². The molecular formula is C16H25N5S2. The van der Waals surface area contributed by atoms with Crippen molar-refractivity contribution in [1.82, 2.24) is 20.6 Å². The predicted octanol–water partition coefficient (Wildman–Crippen LogP) is 3.16. The number of nitrogens with one attached hydrogen (secondary N) is 2. The molecule has 0 aliphatic rings. The Hall–Kier alpha value is -1.47. The number of aromatic nitrogens is 2. The summed E-state index contributed by atoms with van der Waals surface area (Å²) in [6.45, 7) is 8.64. The highest BCUT2D eigenvalue weighted by atomic mass is 32.1. The zero-order chi connectivity index (χ0) is 16.5. The van der Waals surface area contributed by atoms with Crippen LogP contribution in [0.25, 0.3) is 0 Å². The van der Waals surface area contributed by atoms with Gasteiger partial charge in [0.25, 0.3) is 0 Å². The third-order valence-electron chi connectivity index (χ3n) is 3.19. The van der Waals surface area contributed by atoms with Crippen molar-refractivity contribution in [3.8, 4) is 0 Å². The summed E-state index contributed by atoms with van der Waals surface area (Å²) in [5.74, 6) is 0.857. The Labute approximate surface area is 146 Å². The fourth-order valence-electron chi connectivity index (χ4n) is 2.04. The topological polar surface area (TPSA) is 62.2 Å². The summed E-state index contributed by atoms with van der Waals surface area (Å²) >= 11 is 3.48. The van der Waals surface area contributed by atoms with Crippen molar-refractivity contribution >= 4 is 28.6 Å². The average molecular weight is 352 g/mol. The van der Waals surface area contributed by atoms with Gasteiger partial charge in [0.2, 0.25) is 0 Å². The van der Waals surface area contributed by atoms with Crippen LogP contribution in [0.3, 0.4) is 0 Å². The van der Waals surface area contributed by atoms with E-state index in [-0.39, 0.29) is 0 Å². The number of hydrogen-bond donors (Lipinski definition) is 2. The van der Waals surface area contributed by atoms with Gasteiger partial charge in [-0.1, -0.05) is 6.92 Å². The molecule has 5 nitrogen and oxygen atoms in total. The first-order valence-corrected chi connectivity index (χ1v) is 9.77. The van der Waals surface area contributed by atoms with E-state index in [1.807, 2.05) is 13.1 Å². The molecule has 2 aromatic heterocycles. The largest absolute Gasteiger partial charge is 0.357 e. The summed E-state index contributed by atoms with van der Waals surface area (Å²) in [4.78, 5) is 14.8. The molecular weight excluding hydrogens is 326 g/mol. The van der Waals surface area contributed by atoms with Crippen molar-refractivity contribution in [3.63, 3.8) is 0 Å². The van der Waals surface area contributed by atoms with Gasteiger partial charge in [-0.25, -0.2) is 15.0 Å². The smallest absolute Gasteiger partial charge is 0.191 e. The number of nitrogens with zero attached hydrogens (tertiary/aromatic N) is 3. The zero-order valence-corrected chi connectivity index (χ0v) is 15.7. The van der Waals surface area contributed by atoms with Crippen molar-refractivity contribution in [2.75, 3.05) is 13.1 Å². The summed E-state index contributed by atoms with van der Waals surface area (Å²) in [7, 11) is 0. The highest BCUT2D eigenvalue weighted by molar-refractivity contribution is 7.11. The van der Waals surface area contributed by atoms with E-state index in [9.17, 15) is 0 Å². The van der Waals surface area contributed by atoms with Gasteiger partial charge in [-0.3, -0.25) is 0 Å². The lowest BCUT2D eigenvalue weighted by Gasteiger charge is -2.10. The van der Waals surface area contributed by atoms with Crippen LogP contribution in [0.5, 0.6) is 0 Å². The Morgan fingerprint density at radius 3 is 2.78 bits per heavy atom. The molecule has 0 aliphatic heterocycles. The Bertz CT molecular complexity index is 618. The van der Waals surface area contributed by atoms with E-state index in [0.29, 0.717) is 6.54 Å². The van der Waals surface area contributed by atoms with Crippen molar-refractivity contribution < 1.29 is 0 Å². The second-order valence-electron chi connectivity index (χ2n) is 5.18. The van der Waals surface area contributed by atoms with E-state index in [1.54, 1.807) is 22.7 Å². The average Bonchev–Trinajstić information content (AvgIpc) is 3.17. The number of guanidine groups is 1.